The van der Waals surface area contributed by atoms with Crippen molar-refractivity contribution in [1.29, 1.82) is 0 Å². The minimum absolute atomic E-state index is 0.0993. The normalized spacial score (nSPS) is 12.4. The van der Waals surface area contributed by atoms with Crippen LogP contribution in [0.4, 0.5) is 4.39 Å². The van der Waals surface area contributed by atoms with Gasteiger partial charge >= 0.3 is 0 Å². The van der Waals surface area contributed by atoms with E-state index in [1.165, 1.54) is 5.56 Å². The van der Waals surface area contributed by atoms with Crippen LogP contribution in [0.2, 0.25) is 0 Å². The largest absolute Gasteiger partial charge is 0.306 e. The molecule has 1 atom stereocenters. The first-order valence-corrected chi connectivity index (χ1v) is 8.05. The molecule has 2 aromatic rings. The van der Waals surface area contributed by atoms with Crippen LogP contribution in [0.3, 0.4) is 0 Å². The lowest BCUT2D eigenvalue weighted by molar-refractivity contribution is 0.517. The average molecular weight is 350 g/mol. The van der Waals surface area contributed by atoms with Crippen molar-refractivity contribution in [3.8, 4) is 0 Å². The number of aryl methyl sites for hydroxylation is 2. The van der Waals surface area contributed by atoms with Gasteiger partial charge in [0.1, 0.15) is 5.82 Å². The summed E-state index contributed by atoms with van der Waals surface area (Å²) in [6.07, 6.45) is 1.01. The van der Waals surface area contributed by atoms with E-state index >= 15 is 0 Å². The summed E-state index contributed by atoms with van der Waals surface area (Å²) in [6.45, 7) is 6.54. The summed E-state index contributed by atoms with van der Waals surface area (Å²) >= 11 is 3.51. The molecular formula is C18H21BrFN. The Hall–Kier alpha value is -1.19. The van der Waals surface area contributed by atoms with Crippen molar-refractivity contribution >= 4 is 15.9 Å². The van der Waals surface area contributed by atoms with E-state index in [1.807, 2.05) is 32.0 Å². The molecule has 0 aliphatic carbocycles. The van der Waals surface area contributed by atoms with E-state index in [4.69, 9.17) is 0 Å². The van der Waals surface area contributed by atoms with Crippen LogP contribution in [0.5, 0.6) is 0 Å². The van der Waals surface area contributed by atoms with Gasteiger partial charge in [-0.05, 0) is 54.7 Å². The molecule has 0 aromatic heterocycles. The molecule has 0 radical (unpaired) electrons. The predicted molar refractivity (Wildman–Crippen MR) is 89.9 cm³/mol. The van der Waals surface area contributed by atoms with Gasteiger partial charge in [0.15, 0.2) is 0 Å². The second-order valence-corrected chi connectivity index (χ2v) is 6.36. The number of halogens is 2. The number of benzene rings is 2. The number of hydrogen-bond acceptors (Lipinski definition) is 1. The van der Waals surface area contributed by atoms with Gasteiger partial charge in [0.2, 0.25) is 0 Å². The van der Waals surface area contributed by atoms with Crippen LogP contribution < -0.4 is 5.32 Å². The Kier molecular flexibility index (Phi) is 5.54. The van der Waals surface area contributed by atoms with E-state index in [-0.39, 0.29) is 5.82 Å². The fraction of sp³-hybridized carbons (Fsp3) is 0.333. The Bertz CT molecular complexity index is 601. The van der Waals surface area contributed by atoms with Gasteiger partial charge in [0.25, 0.3) is 0 Å². The Balaban J connectivity index is 2.10. The van der Waals surface area contributed by atoms with Crippen molar-refractivity contribution < 1.29 is 4.39 Å². The zero-order valence-electron chi connectivity index (χ0n) is 12.7. The lowest BCUT2D eigenvalue weighted by Gasteiger charge is -2.18. The maximum absolute atomic E-state index is 13.7. The molecule has 2 rings (SSSR count). The maximum Gasteiger partial charge on any atom is 0.129 e. The smallest absolute Gasteiger partial charge is 0.129 e. The molecule has 1 nitrogen and oxygen atoms in total. The molecule has 3 heteroatoms. The predicted octanol–water partition coefficient (Wildman–Crippen LogP) is 5.45. The Morgan fingerprint density at radius 1 is 1.14 bits per heavy atom. The minimum atomic E-state index is -0.0993. The third kappa shape index (κ3) is 4.14. The first-order chi connectivity index (χ1) is 10.0. The second kappa shape index (κ2) is 7.19. The van der Waals surface area contributed by atoms with Gasteiger partial charge in [0, 0.05) is 17.1 Å². The van der Waals surface area contributed by atoms with Crippen LogP contribution in [0, 0.1) is 19.7 Å². The molecule has 2 aromatic carbocycles. The lowest BCUT2D eigenvalue weighted by Crippen LogP contribution is -2.20. The molecule has 0 saturated heterocycles. The summed E-state index contributed by atoms with van der Waals surface area (Å²) in [4.78, 5) is 0. The summed E-state index contributed by atoms with van der Waals surface area (Å²) in [7, 11) is 0. The van der Waals surface area contributed by atoms with Crippen molar-refractivity contribution in [2.24, 2.45) is 0 Å². The van der Waals surface area contributed by atoms with Crippen LogP contribution in [0.25, 0.3) is 0 Å². The molecule has 0 aliphatic heterocycles. The highest BCUT2D eigenvalue weighted by atomic mass is 79.9. The first-order valence-electron chi connectivity index (χ1n) is 7.25. The zero-order valence-corrected chi connectivity index (χ0v) is 14.3. The fourth-order valence-electron chi connectivity index (χ4n) is 2.60. The molecule has 1 N–H and O–H groups in total. The lowest BCUT2D eigenvalue weighted by atomic mass is 10.0. The SMILES string of the molecule is CCC(NCc1cc(C)c(F)c(C)c1)c1cccc(Br)c1. The minimum Gasteiger partial charge on any atom is -0.306 e. The first kappa shape index (κ1) is 16.2. The monoisotopic (exact) mass is 349 g/mol. The highest BCUT2D eigenvalue weighted by molar-refractivity contribution is 9.10. The van der Waals surface area contributed by atoms with Gasteiger partial charge in [-0.2, -0.15) is 0 Å². The molecular weight excluding hydrogens is 329 g/mol. The quantitative estimate of drug-likeness (QED) is 0.757. The van der Waals surface area contributed by atoms with Crippen molar-refractivity contribution in [2.75, 3.05) is 0 Å². The Morgan fingerprint density at radius 3 is 2.38 bits per heavy atom. The average Bonchev–Trinajstić information content (AvgIpc) is 2.45. The van der Waals surface area contributed by atoms with Crippen LogP contribution in [-0.2, 0) is 6.54 Å². The van der Waals surface area contributed by atoms with E-state index in [1.54, 1.807) is 0 Å². The maximum atomic E-state index is 13.7. The number of hydrogen-bond donors (Lipinski definition) is 1. The summed E-state index contributed by atoms with van der Waals surface area (Å²) in [5.74, 6) is -0.0993. The van der Waals surface area contributed by atoms with Crippen molar-refractivity contribution in [3.63, 3.8) is 0 Å². The van der Waals surface area contributed by atoms with Crippen LogP contribution >= 0.6 is 15.9 Å². The van der Waals surface area contributed by atoms with Crippen molar-refractivity contribution in [1.82, 2.24) is 5.32 Å². The van der Waals surface area contributed by atoms with Gasteiger partial charge < -0.3 is 5.32 Å². The summed E-state index contributed by atoms with van der Waals surface area (Å²) in [5.41, 5.74) is 3.81. The van der Waals surface area contributed by atoms with Crippen LogP contribution in [-0.4, -0.2) is 0 Å². The van der Waals surface area contributed by atoms with Gasteiger partial charge in [0.05, 0.1) is 0 Å². The topological polar surface area (TPSA) is 12.0 Å². The van der Waals surface area contributed by atoms with E-state index in [0.29, 0.717) is 17.2 Å². The van der Waals surface area contributed by atoms with E-state index < -0.39 is 0 Å². The van der Waals surface area contributed by atoms with E-state index in [0.717, 1.165) is 23.0 Å². The highest BCUT2D eigenvalue weighted by Gasteiger charge is 2.10. The van der Waals surface area contributed by atoms with Gasteiger partial charge in [-0.15, -0.1) is 0 Å². The molecule has 1 unspecified atom stereocenters. The second-order valence-electron chi connectivity index (χ2n) is 5.44. The fourth-order valence-corrected chi connectivity index (χ4v) is 3.02. The molecule has 21 heavy (non-hydrogen) atoms. The van der Waals surface area contributed by atoms with Gasteiger partial charge in [-0.3, -0.25) is 0 Å². The summed E-state index contributed by atoms with van der Waals surface area (Å²) < 4.78 is 14.8. The Labute approximate surface area is 134 Å². The highest BCUT2D eigenvalue weighted by Crippen LogP contribution is 2.22. The van der Waals surface area contributed by atoms with E-state index in [9.17, 15) is 4.39 Å². The van der Waals surface area contributed by atoms with Crippen LogP contribution in [0.15, 0.2) is 40.9 Å². The molecule has 0 amide bonds. The van der Waals surface area contributed by atoms with Gasteiger partial charge in [-0.25, -0.2) is 4.39 Å². The van der Waals surface area contributed by atoms with Crippen molar-refractivity contribution in [3.05, 3.63) is 68.9 Å². The molecule has 0 bridgehead atoms. The summed E-state index contributed by atoms with van der Waals surface area (Å²) in [5, 5.41) is 3.56. The molecule has 0 spiro atoms. The zero-order chi connectivity index (χ0) is 15.4. The molecule has 0 aliphatic rings. The van der Waals surface area contributed by atoms with Crippen molar-refractivity contribution in [2.45, 2.75) is 39.8 Å². The number of nitrogens with one attached hydrogen (secondary N) is 1. The van der Waals surface area contributed by atoms with Crippen LogP contribution in [0.1, 0.15) is 41.6 Å². The third-order valence-corrected chi connectivity index (χ3v) is 4.20. The molecule has 0 saturated carbocycles. The van der Waals surface area contributed by atoms with E-state index in [2.05, 4.69) is 46.4 Å². The third-order valence-electron chi connectivity index (χ3n) is 3.71. The summed E-state index contributed by atoms with van der Waals surface area (Å²) in [6, 6.07) is 12.5. The molecule has 112 valence electrons. The molecule has 0 fully saturated rings. The van der Waals surface area contributed by atoms with Gasteiger partial charge in [-0.1, -0.05) is 47.1 Å². The molecule has 0 heterocycles. The Morgan fingerprint density at radius 2 is 1.81 bits per heavy atom. The standard InChI is InChI=1S/C18H21BrFN/c1-4-17(15-6-5-7-16(19)10-15)21-11-14-8-12(2)18(20)13(3)9-14/h5-10,17,21H,4,11H2,1-3H3. The number of rotatable bonds is 5.